The zero-order valence-electron chi connectivity index (χ0n) is 5.28. The fraction of sp³-hybridized carbons (Fsp3) is 0.333. The first-order valence-corrected chi connectivity index (χ1v) is 2.75. The normalized spacial score (nSPS) is 9.20. The van der Waals surface area contributed by atoms with Crippen LogP contribution in [0, 0.1) is 12.8 Å². The van der Waals surface area contributed by atoms with Crippen LogP contribution in [0.4, 0.5) is 0 Å². The van der Waals surface area contributed by atoms with E-state index in [1.165, 1.54) is 0 Å². The number of carboxylic acids is 2. The van der Waals surface area contributed by atoms with Gasteiger partial charge in [-0.05, 0) is 12.8 Å². The molecule has 0 bridgehead atoms. The molecule has 0 amide bonds. The van der Waals surface area contributed by atoms with Crippen LogP contribution in [-0.4, -0.2) is 22.2 Å². The Bertz CT molecular complexity index is 114. The standard InChI is InChI=1S/C6H8O4/c7-5(8)3-1-2-4-6(9)10/h3-4H,1-2H2,(H,7,8)(H,9,10). The van der Waals surface area contributed by atoms with E-state index in [9.17, 15) is 9.59 Å². The van der Waals surface area contributed by atoms with Crippen LogP contribution in [0.3, 0.4) is 0 Å². The van der Waals surface area contributed by atoms with Crippen molar-refractivity contribution in [3.63, 3.8) is 0 Å². The molecular weight excluding hydrogens is 136 g/mol. The zero-order chi connectivity index (χ0) is 7.98. The average molecular weight is 144 g/mol. The van der Waals surface area contributed by atoms with Crippen molar-refractivity contribution in [2.75, 3.05) is 0 Å². The van der Waals surface area contributed by atoms with Crippen LogP contribution in [0.5, 0.6) is 0 Å². The Morgan fingerprint density at radius 1 is 1.00 bits per heavy atom. The van der Waals surface area contributed by atoms with Crippen molar-refractivity contribution in [1.29, 1.82) is 0 Å². The van der Waals surface area contributed by atoms with Crippen molar-refractivity contribution in [1.82, 2.24) is 0 Å². The molecule has 0 saturated carbocycles. The van der Waals surface area contributed by atoms with Gasteiger partial charge in [0.05, 0.1) is 12.8 Å². The summed E-state index contributed by atoms with van der Waals surface area (Å²) in [4.78, 5) is 19.7. The highest BCUT2D eigenvalue weighted by Gasteiger charge is 2.00. The third-order valence-electron chi connectivity index (χ3n) is 0.805. The molecular formula is C6H8O4. The van der Waals surface area contributed by atoms with Crippen LogP contribution >= 0.6 is 0 Å². The quantitative estimate of drug-likeness (QED) is 0.546. The lowest BCUT2D eigenvalue weighted by Gasteiger charge is -1.91. The van der Waals surface area contributed by atoms with Gasteiger partial charge in [0.1, 0.15) is 0 Å². The van der Waals surface area contributed by atoms with Crippen molar-refractivity contribution in [2.45, 2.75) is 12.8 Å². The molecule has 0 spiro atoms. The molecule has 0 aromatic carbocycles. The van der Waals surface area contributed by atoms with Gasteiger partial charge in [0.2, 0.25) is 0 Å². The molecule has 10 heavy (non-hydrogen) atoms. The Hall–Kier alpha value is -1.06. The van der Waals surface area contributed by atoms with Gasteiger partial charge in [-0.1, -0.05) is 0 Å². The van der Waals surface area contributed by atoms with E-state index in [-0.39, 0.29) is 12.8 Å². The van der Waals surface area contributed by atoms with E-state index in [0.29, 0.717) is 0 Å². The molecule has 0 atom stereocenters. The predicted molar refractivity (Wildman–Crippen MR) is 33.1 cm³/mol. The molecule has 0 unspecified atom stereocenters. The Morgan fingerprint density at radius 3 is 1.50 bits per heavy atom. The van der Waals surface area contributed by atoms with Crippen molar-refractivity contribution in [2.24, 2.45) is 0 Å². The summed E-state index contributed by atoms with van der Waals surface area (Å²) in [7, 11) is 0. The Morgan fingerprint density at radius 2 is 1.30 bits per heavy atom. The van der Waals surface area contributed by atoms with Gasteiger partial charge < -0.3 is 10.2 Å². The first-order chi connectivity index (χ1) is 4.63. The van der Waals surface area contributed by atoms with Crippen LogP contribution in [0.1, 0.15) is 12.8 Å². The minimum Gasteiger partial charge on any atom is -0.481 e. The molecule has 0 fully saturated rings. The number of unbranched alkanes of at least 4 members (excludes halogenated alkanes) is 1. The largest absolute Gasteiger partial charge is 0.481 e. The summed E-state index contributed by atoms with van der Waals surface area (Å²) in [6.45, 7) is 0. The zero-order valence-corrected chi connectivity index (χ0v) is 5.28. The SMILES string of the molecule is O=C(O)[CH]CC[CH]C(=O)O. The molecule has 0 aliphatic carbocycles. The van der Waals surface area contributed by atoms with Gasteiger partial charge in [-0.2, -0.15) is 0 Å². The second-order valence-corrected chi connectivity index (χ2v) is 1.66. The third-order valence-corrected chi connectivity index (χ3v) is 0.805. The van der Waals surface area contributed by atoms with Gasteiger partial charge in [-0.15, -0.1) is 0 Å². The topological polar surface area (TPSA) is 74.6 Å². The highest BCUT2D eigenvalue weighted by Crippen LogP contribution is 1.96. The summed E-state index contributed by atoms with van der Waals surface area (Å²) in [6, 6.07) is 0. The van der Waals surface area contributed by atoms with E-state index in [2.05, 4.69) is 0 Å². The molecule has 0 aliphatic rings. The predicted octanol–water partition coefficient (Wildman–Crippen LogP) is 0.344. The summed E-state index contributed by atoms with van der Waals surface area (Å²) in [6.07, 6.45) is 2.59. The maximum absolute atomic E-state index is 9.83. The molecule has 2 radical (unpaired) electrons. The first kappa shape index (κ1) is 8.94. The smallest absolute Gasteiger partial charge is 0.307 e. The van der Waals surface area contributed by atoms with Gasteiger partial charge in [0, 0.05) is 0 Å². The van der Waals surface area contributed by atoms with E-state index >= 15 is 0 Å². The second-order valence-electron chi connectivity index (χ2n) is 1.66. The van der Waals surface area contributed by atoms with Crippen molar-refractivity contribution in [3.05, 3.63) is 12.8 Å². The average Bonchev–Trinajstić information content (AvgIpc) is 1.79. The highest BCUT2D eigenvalue weighted by atomic mass is 16.4. The lowest BCUT2D eigenvalue weighted by atomic mass is 10.2. The van der Waals surface area contributed by atoms with Gasteiger partial charge in [0.15, 0.2) is 0 Å². The molecule has 0 heterocycles. The van der Waals surface area contributed by atoms with E-state index in [0.717, 1.165) is 12.8 Å². The monoisotopic (exact) mass is 144 g/mol. The summed E-state index contributed by atoms with van der Waals surface area (Å²) < 4.78 is 0. The fourth-order valence-electron chi connectivity index (χ4n) is 0.414. The maximum Gasteiger partial charge on any atom is 0.307 e. The van der Waals surface area contributed by atoms with Gasteiger partial charge in [-0.25, -0.2) is 0 Å². The van der Waals surface area contributed by atoms with Gasteiger partial charge in [-0.3, -0.25) is 9.59 Å². The number of aliphatic carboxylic acids is 2. The first-order valence-electron chi connectivity index (χ1n) is 2.75. The number of hydrogen-bond acceptors (Lipinski definition) is 2. The number of carboxylic acid groups (broad SMARTS) is 2. The minimum absolute atomic E-state index is 0.266. The third kappa shape index (κ3) is 6.94. The molecule has 0 rings (SSSR count). The summed E-state index contributed by atoms with van der Waals surface area (Å²) in [5, 5.41) is 16.1. The fourth-order valence-corrected chi connectivity index (χ4v) is 0.414. The molecule has 2 N–H and O–H groups in total. The molecule has 4 nitrogen and oxygen atoms in total. The van der Waals surface area contributed by atoms with Crippen molar-refractivity contribution in [3.8, 4) is 0 Å². The Kier molecular flexibility index (Phi) is 4.28. The van der Waals surface area contributed by atoms with E-state index in [4.69, 9.17) is 10.2 Å². The lowest BCUT2D eigenvalue weighted by molar-refractivity contribution is -0.134. The van der Waals surface area contributed by atoms with E-state index < -0.39 is 11.9 Å². The van der Waals surface area contributed by atoms with Crippen LogP contribution < -0.4 is 0 Å². The molecule has 0 aliphatic heterocycles. The molecule has 0 aromatic rings. The Balaban J connectivity index is 3.06. The molecule has 4 heteroatoms. The van der Waals surface area contributed by atoms with E-state index in [1.807, 2.05) is 0 Å². The van der Waals surface area contributed by atoms with Crippen LogP contribution in [0.25, 0.3) is 0 Å². The second kappa shape index (κ2) is 4.78. The van der Waals surface area contributed by atoms with Crippen molar-refractivity contribution < 1.29 is 19.8 Å². The van der Waals surface area contributed by atoms with Crippen molar-refractivity contribution >= 4 is 11.9 Å². The van der Waals surface area contributed by atoms with Crippen LogP contribution in [0.15, 0.2) is 0 Å². The maximum atomic E-state index is 9.83. The lowest BCUT2D eigenvalue weighted by Crippen LogP contribution is -1.99. The summed E-state index contributed by atoms with van der Waals surface area (Å²) >= 11 is 0. The van der Waals surface area contributed by atoms with Crippen LogP contribution in [0.2, 0.25) is 0 Å². The number of hydrogen-bond donors (Lipinski definition) is 2. The van der Waals surface area contributed by atoms with E-state index in [1.54, 1.807) is 0 Å². The van der Waals surface area contributed by atoms with Gasteiger partial charge in [0.25, 0.3) is 0 Å². The molecule has 0 saturated heterocycles. The number of rotatable bonds is 5. The molecule has 56 valence electrons. The molecule has 0 aromatic heterocycles. The summed E-state index contributed by atoms with van der Waals surface area (Å²) in [5.74, 6) is -2.03. The minimum atomic E-state index is -1.02. The van der Waals surface area contributed by atoms with Crippen LogP contribution in [-0.2, 0) is 9.59 Å². The highest BCUT2D eigenvalue weighted by molar-refractivity contribution is 5.78. The Labute approximate surface area is 58.5 Å². The van der Waals surface area contributed by atoms with Gasteiger partial charge >= 0.3 is 11.9 Å². The number of carbonyl (C=O) groups is 2. The summed E-state index contributed by atoms with van der Waals surface area (Å²) in [5.41, 5.74) is 0.